The van der Waals surface area contributed by atoms with E-state index in [4.69, 9.17) is 4.74 Å². The van der Waals surface area contributed by atoms with E-state index in [2.05, 4.69) is 20.6 Å². The van der Waals surface area contributed by atoms with Crippen molar-refractivity contribution in [2.75, 3.05) is 20.2 Å². The zero-order valence-electron chi connectivity index (χ0n) is 13.6. The molecule has 8 heteroatoms. The molecule has 0 aliphatic heterocycles. The van der Waals surface area contributed by atoms with Crippen LogP contribution in [0.3, 0.4) is 0 Å². The summed E-state index contributed by atoms with van der Waals surface area (Å²) in [4.78, 5) is 8.05. The van der Waals surface area contributed by atoms with Crippen LogP contribution in [-0.2, 0) is 0 Å². The minimum Gasteiger partial charge on any atom is -0.490 e. The Hall–Kier alpha value is -1.99. The zero-order valence-corrected chi connectivity index (χ0v) is 13.6. The molecule has 1 aromatic heterocycles. The highest BCUT2D eigenvalue weighted by molar-refractivity contribution is 5.79. The van der Waals surface area contributed by atoms with Crippen LogP contribution in [0.1, 0.15) is 25.7 Å². The lowest BCUT2D eigenvalue weighted by Crippen LogP contribution is -2.46. The van der Waals surface area contributed by atoms with Gasteiger partial charge in [-0.2, -0.15) is 13.2 Å². The quantitative estimate of drug-likeness (QED) is 0.490. The fourth-order valence-corrected chi connectivity index (χ4v) is 2.72. The van der Waals surface area contributed by atoms with Gasteiger partial charge in [0.25, 0.3) is 0 Å². The fourth-order valence-electron chi connectivity index (χ4n) is 2.72. The van der Waals surface area contributed by atoms with Gasteiger partial charge in [-0.05, 0) is 37.8 Å². The maximum Gasteiger partial charge on any atom is 0.391 e. The molecule has 0 atom stereocenters. The molecule has 0 radical (unpaired) electrons. The average molecular weight is 344 g/mol. The van der Waals surface area contributed by atoms with Crippen molar-refractivity contribution < 1.29 is 17.9 Å². The highest BCUT2D eigenvalue weighted by atomic mass is 19.4. The molecule has 134 valence electrons. The maximum absolute atomic E-state index is 12.7. The molecule has 0 amide bonds. The molecular weight excluding hydrogens is 321 g/mol. The van der Waals surface area contributed by atoms with Crippen LogP contribution in [0.2, 0.25) is 0 Å². The number of nitrogens with zero attached hydrogens (tertiary/aromatic N) is 2. The number of nitrogens with one attached hydrogen (secondary N) is 2. The van der Waals surface area contributed by atoms with E-state index in [1.807, 2.05) is 6.07 Å². The largest absolute Gasteiger partial charge is 0.490 e. The summed E-state index contributed by atoms with van der Waals surface area (Å²) in [6, 6.07) is 3.63. The minimum atomic E-state index is -4.07. The first-order valence-corrected chi connectivity index (χ1v) is 8.05. The van der Waals surface area contributed by atoms with Gasteiger partial charge in [-0.1, -0.05) is 0 Å². The lowest BCUT2D eigenvalue weighted by Gasteiger charge is -2.31. The highest BCUT2D eigenvalue weighted by Gasteiger charge is 2.41. The summed E-state index contributed by atoms with van der Waals surface area (Å²) in [7, 11) is 1.64. The second-order valence-electron chi connectivity index (χ2n) is 5.77. The monoisotopic (exact) mass is 344 g/mol. The second-order valence-corrected chi connectivity index (χ2v) is 5.77. The van der Waals surface area contributed by atoms with E-state index in [1.165, 1.54) is 0 Å². The summed E-state index contributed by atoms with van der Waals surface area (Å²) in [5, 5.41) is 6.28. The smallest absolute Gasteiger partial charge is 0.391 e. The Balaban J connectivity index is 1.66. The van der Waals surface area contributed by atoms with Crippen LogP contribution in [0.15, 0.2) is 29.5 Å². The Bertz CT molecular complexity index is 514. The maximum atomic E-state index is 12.7. The number of pyridine rings is 1. The number of ether oxygens (including phenoxy) is 1. The average Bonchev–Trinajstić information content (AvgIpc) is 2.58. The SMILES string of the molecule is CN=C(NCCOc1cccnc1)NC1CCC(C(F)(F)F)CC1. The van der Waals surface area contributed by atoms with E-state index in [0.29, 0.717) is 37.7 Å². The lowest BCUT2D eigenvalue weighted by atomic mass is 9.85. The number of hydrogen-bond donors (Lipinski definition) is 2. The summed E-state index contributed by atoms with van der Waals surface area (Å²) < 4.78 is 43.5. The number of alkyl halides is 3. The topological polar surface area (TPSA) is 58.5 Å². The molecule has 1 aliphatic rings. The molecule has 1 aromatic rings. The van der Waals surface area contributed by atoms with Gasteiger partial charge in [0.15, 0.2) is 5.96 Å². The second kappa shape index (κ2) is 8.75. The third-order valence-electron chi connectivity index (χ3n) is 4.05. The van der Waals surface area contributed by atoms with Gasteiger partial charge in [0.05, 0.1) is 18.7 Å². The van der Waals surface area contributed by atoms with Crippen molar-refractivity contribution in [2.45, 2.75) is 37.9 Å². The van der Waals surface area contributed by atoms with Gasteiger partial charge < -0.3 is 15.4 Å². The van der Waals surface area contributed by atoms with E-state index in [9.17, 15) is 13.2 Å². The standard InChI is InChI=1S/C16H23F3N4O/c1-20-15(22-9-10-24-14-3-2-8-21-11-14)23-13-6-4-12(5-7-13)16(17,18)19/h2-3,8,11-13H,4-7,9-10H2,1H3,(H2,20,22,23). The van der Waals surface area contributed by atoms with Crippen molar-refractivity contribution in [2.24, 2.45) is 10.9 Å². The van der Waals surface area contributed by atoms with Crippen molar-refractivity contribution in [1.82, 2.24) is 15.6 Å². The van der Waals surface area contributed by atoms with E-state index in [-0.39, 0.29) is 18.9 Å². The summed E-state index contributed by atoms with van der Waals surface area (Å²) in [5.41, 5.74) is 0. The highest BCUT2D eigenvalue weighted by Crippen LogP contribution is 2.37. The first kappa shape index (κ1) is 18.4. The molecule has 0 bridgehead atoms. The normalized spacial score (nSPS) is 22.1. The predicted molar refractivity (Wildman–Crippen MR) is 86.0 cm³/mol. The molecule has 2 rings (SSSR count). The Labute approximate surface area is 139 Å². The predicted octanol–water partition coefficient (Wildman–Crippen LogP) is 2.75. The molecule has 1 saturated carbocycles. The van der Waals surface area contributed by atoms with E-state index in [0.717, 1.165) is 0 Å². The molecule has 1 aliphatic carbocycles. The molecular formula is C16H23F3N4O. The fraction of sp³-hybridized carbons (Fsp3) is 0.625. The Kier molecular flexibility index (Phi) is 6.69. The van der Waals surface area contributed by atoms with Gasteiger partial charge in [0.1, 0.15) is 12.4 Å². The van der Waals surface area contributed by atoms with Crippen LogP contribution in [0.4, 0.5) is 13.2 Å². The molecule has 24 heavy (non-hydrogen) atoms. The number of hydrogen-bond acceptors (Lipinski definition) is 3. The lowest BCUT2D eigenvalue weighted by molar-refractivity contribution is -0.182. The number of guanidine groups is 1. The molecule has 0 saturated heterocycles. The summed E-state index contributed by atoms with van der Waals surface area (Å²) in [6.07, 6.45) is 0.559. The van der Waals surface area contributed by atoms with Crippen molar-refractivity contribution in [3.05, 3.63) is 24.5 Å². The molecule has 1 fully saturated rings. The van der Waals surface area contributed by atoms with Crippen LogP contribution in [0.5, 0.6) is 5.75 Å². The number of aliphatic imine (C=N–C) groups is 1. The van der Waals surface area contributed by atoms with Crippen LogP contribution in [-0.4, -0.2) is 43.4 Å². The summed E-state index contributed by atoms with van der Waals surface area (Å²) in [5.74, 6) is 0.103. The Morgan fingerprint density at radius 1 is 1.33 bits per heavy atom. The first-order chi connectivity index (χ1) is 11.5. The van der Waals surface area contributed by atoms with Crippen LogP contribution in [0, 0.1) is 5.92 Å². The molecule has 0 unspecified atom stereocenters. The van der Waals surface area contributed by atoms with Gasteiger partial charge in [-0.15, -0.1) is 0 Å². The van der Waals surface area contributed by atoms with Gasteiger partial charge in [0, 0.05) is 19.3 Å². The Morgan fingerprint density at radius 3 is 2.67 bits per heavy atom. The summed E-state index contributed by atoms with van der Waals surface area (Å²) in [6.45, 7) is 0.972. The number of rotatable bonds is 5. The van der Waals surface area contributed by atoms with Crippen molar-refractivity contribution in [3.63, 3.8) is 0 Å². The van der Waals surface area contributed by atoms with Gasteiger partial charge in [-0.25, -0.2) is 0 Å². The minimum absolute atomic E-state index is 0.0223. The van der Waals surface area contributed by atoms with E-state index >= 15 is 0 Å². The van der Waals surface area contributed by atoms with Crippen molar-refractivity contribution in [3.8, 4) is 5.75 Å². The van der Waals surface area contributed by atoms with Gasteiger partial charge in [-0.3, -0.25) is 9.98 Å². The van der Waals surface area contributed by atoms with E-state index in [1.54, 1.807) is 25.5 Å². The summed E-state index contributed by atoms with van der Waals surface area (Å²) >= 11 is 0. The number of halogens is 3. The molecule has 0 aromatic carbocycles. The molecule has 2 N–H and O–H groups in total. The third-order valence-corrected chi connectivity index (χ3v) is 4.05. The zero-order chi connectivity index (χ0) is 17.4. The van der Waals surface area contributed by atoms with Crippen molar-refractivity contribution >= 4 is 5.96 Å². The molecule has 5 nitrogen and oxygen atoms in total. The van der Waals surface area contributed by atoms with Crippen LogP contribution in [0.25, 0.3) is 0 Å². The van der Waals surface area contributed by atoms with E-state index < -0.39 is 12.1 Å². The van der Waals surface area contributed by atoms with Crippen LogP contribution < -0.4 is 15.4 Å². The van der Waals surface area contributed by atoms with Crippen LogP contribution >= 0.6 is 0 Å². The molecule has 1 heterocycles. The van der Waals surface area contributed by atoms with Crippen molar-refractivity contribution in [1.29, 1.82) is 0 Å². The third kappa shape index (κ3) is 5.90. The molecule has 0 spiro atoms. The first-order valence-electron chi connectivity index (χ1n) is 8.05. The Morgan fingerprint density at radius 2 is 2.08 bits per heavy atom. The number of aromatic nitrogens is 1. The van der Waals surface area contributed by atoms with Gasteiger partial charge >= 0.3 is 6.18 Å². The van der Waals surface area contributed by atoms with Gasteiger partial charge in [0.2, 0.25) is 0 Å².